The Kier molecular flexibility index (Phi) is 5.54. The highest BCUT2D eigenvalue weighted by molar-refractivity contribution is 5.99. The molecule has 0 aliphatic heterocycles. The third-order valence-corrected chi connectivity index (χ3v) is 4.70. The molecule has 4 aromatic rings. The van der Waals surface area contributed by atoms with Gasteiger partial charge in [-0.3, -0.25) is 4.57 Å². The number of carbonyl (C=O) groups is 1. The Morgan fingerprint density at radius 2 is 2.10 bits per heavy atom. The number of aromatic nitrogens is 3. The number of rotatable bonds is 7. The lowest BCUT2D eigenvalue weighted by molar-refractivity contribution is 0.0526. The third-order valence-electron chi connectivity index (χ3n) is 4.70. The summed E-state index contributed by atoms with van der Waals surface area (Å²) in [4.78, 5) is 32.8. The molecule has 0 spiro atoms. The van der Waals surface area contributed by atoms with Gasteiger partial charge < -0.3 is 24.3 Å². The maximum atomic E-state index is 12.2. The van der Waals surface area contributed by atoms with E-state index < -0.39 is 11.7 Å². The Bertz CT molecular complexity index is 1330. The number of benzene rings is 2. The van der Waals surface area contributed by atoms with E-state index >= 15 is 0 Å². The molecule has 0 amide bonds. The van der Waals surface area contributed by atoms with Crippen LogP contribution in [0.4, 0.5) is 11.5 Å². The zero-order valence-corrected chi connectivity index (χ0v) is 16.9. The minimum absolute atomic E-state index is 0.0683. The second-order valence-corrected chi connectivity index (χ2v) is 6.65. The first-order valence-electron chi connectivity index (χ1n) is 9.56. The van der Waals surface area contributed by atoms with Crippen LogP contribution in [0.1, 0.15) is 17.3 Å². The number of nitrogens with zero attached hydrogens (tertiary/aromatic N) is 3. The second kappa shape index (κ2) is 8.44. The van der Waals surface area contributed by atoms with Gasteiger partial charge in [0.2, 0.25) is 0 Å². The molecule has 0 unspecified atom stereocenters. The summed E-state index contributed by atoms with van der Waals surface area (Å²) in [6.45, 7) is 2.63. The van der Waals surface area contributed by atoms with Crippen molar-refractivity contribution < 1.29 is 23.8 Å². The van der Waals surface area contributed by atoms with Crippen LogP contribution in [-0.2, 0) is 16.0 Å². The van der Waals surface area contributed by atoms with E-state index in [1.54, 1.807) is 26.2 Å². The molecule has 2 heterocycles. The van der Waals surface area contributed by atoms with Crippen LogP contribution >= 0.6 is 0 Å². The predicted molar refractivity (Wildman–Crippen MR) is 113 cm³/mol. The van der Waals surface area contributed by atoms with Crippen molar-refractivity contribution in [2.75, 3.05) is 25.6 Å². The molecule has 0 aliphatic carbocycles. The molecule has 2 aromatic heterocycles. The summed E-state index contributed by atoms with van der Waals surface area (Å²) in [6.07, 6.45) is 1.35. The minimum Gasteiger partial charge on any atom is -0.506 e. The quantitative estimate of drug-likeness (QED) is 0.340. The van der Waals surface area contributed by atoms with E-state index in [-0.39, 0.29) is 23.6 Å². The van der Waals surface area contributed by atoms with Gasteiger partial charge in [-0.15, -0.1) is 0 Å². The zero-order valence-electron chi connectivity index (χ0n) is 16.9. The van der Waals surface area contributed by atoms with Gasteiger partial charge in [-0.2, -0.15) is 0 Å². The summed E-state index contributed by atoms with van der Waals surface area (Å²) in [7, 11) is 1.55. The van der Waals surface area contributed by atoms with Gasteiger partial charge in [-0.25, -0.2) is 19.6 Å². The Hall–Kier alpha value is -3.92. The summed E-state index contributed by atoms with van der Waals surface area (Å²) in [6, 6.07) is 7.73. The van der Waals surface area contributed by atoms with Crippen LogP contribution in [0.3, 0.4) is 0 Å². The molecule has 0 saturated heterocycles. The van der Waals surface area contributed by atoms with Crippen LogP contribution in [0, 0.1) is 0 Å². The molecule has 2 N–H and O–H groups in total. The Balaban J connectivity index is 1.79. The highest BCUT2D eigenvalue weighted by Crippen LogP contribution is 2.31. The number of fused-ring (bicyclic) bond motifs is 2. The molecule has 10 nitrogen and oxygen atoms in total. The van der Waals surface area contributed by atoms with Gasteiger partial charge in [0.15, 0.2) is 5.58 Å². The molecule has 2 aromatic carbocycles. The maximum absolute atomic E-state index is 12.2. The van der Waals surface area contributed by atoms with Crippen LogP contribution in [0.25, 0.3) is 22.0 Å². The normalized spacial score (nSPS) is 11.2. The molecular formula is C21H20N4O6. The maximum Gasteiger partial charge on any atom is 0.420 e. The Morgan fingerprint density at radius 1 is 1.26 bits per heavy atom. The number of hydrogen-bond donors (Lipinski definition) is 2. The van der Waals surface area contributed by atoms with E-state index in [2.05, 4.69) is 15.3 Å². The molecule has 10 heteroatoms. The van der Waals surface area contributed by atoms with Crippen LogP contribution in [0.15, 0.2) is 45.9 Å². The summed E-state index contributed by atoms with van der Waals surface area (Å²) in [5, 5.41) is 13.9. The molecular weight excluding hydrogens is 404 g/mol. The number of carbonyl (C=O) groups excluding carboxylic acids is 1. The Labute approximate surface area is 176 Å². The number of phenolic OH excluding ortho intramolecular Hbond substituents is 1. The number of anilines is 2. The number of ether oxygens (including phenoxy) is 2. The van der Waals surface area contributed by atoms with E-state index in [0.717, 1.165) is 0 Å². The van der Waals surface area contributed by atoms with E-state index in [1.807, 2.05) is 0 Å². The first-order chi connectivity index (χ1) is 15.0. The highest BCUT2D eigenvalue weighted by Gasteiger charge is 2.15. The number of hydrogen-bond acceptors (Lipinski definition) is 9. The molecule has 0 saturated carbocycles. The molecule has 0 radical (unpaired) electrons. The van der Waals surface area contributed by atoms with E-state index in [4.69, 9.17) is 13.9 Å². The first-order valence-corrected chi connectivity index (χ1v) is 9.56. The lowest BCUT2D eigenvalue weighted by Crippen LogP contribution is -2.16. The predicted octanol–water partition coefficient (Wildman–Crippen LogP) is 2.81. The van der Waals surface area contributed by atoms with Crippen molar-refractivity contribution in [3.05, 3.63) is 52.8 Å². The highest BCUT2D eigenvalue weighted by atomic mass is 16.5. The number of nitrogens with one attached hydrogen (secondary N) is 1. The molecule has 31 heavy (non-hydrogen) atoms. The van der Waals surface area contributed by atoms with E-state index in [1.165, 1.54) is 29.1 Å². The van der Waals surface area contributed by atoms with Crippen molar-refractivity contribution in [3.63, 3.8) is 0 Å². The van der Waals surface area contributed by atoms with Gasteiger partial charge in [0.05, 0.1) is 42.0 Å². The molecule has 0 aliphatic rings. The topological polar surface area (TPSA) is 129 Å². The number of oxazole rings is 1. The smallest absolute Gasteiger partial charge is 0.420 e. The minimum atomic E-state index is -0.500. The fourth-order valence-corrected chi connectivity index (χ4v) is 3.21. The van der Waals surface area contributed by atoms with Crippen LogP contribution < -0.4 is 11.1 Å². The summed E-state index contributed by atoms with van der Waals surface area (Å²) < 4.78 is 16.9. The van der Waals surface area contributed by atoms with Crippen LogP contribution in [0.2, 0.25) is 0 Å². The number of phenols is 1. The average molecular weight is 424 g/mol. The van der Waals surface area contributed by atoms with Crippen molar-refractivity contribution in [1.82, 2.24) is 14.5 Å². The molecule has 4 rings (SSSR count). The second-order valence-electron chi connectivity index (χ2n) is 6.65. The SMILES string of the molecule is CCOC(=O)c1ccc(O)c(Nc2ncnc3cc4oc(=O)n(CCOC)c4cc23)c1. The lowest BCUT2D eigenvalue weighted by Gasteiger charge is -2.11. The lowest BCUT2D eigenvalue weighted by atomic mass is 10.1. The molecule has 0 atom stereocenters. The fraction of sp³-hybridized carbons (Fsp3) is 0.238. The third kappa shape index (κ3) is 3.92. The largest absolute Gasteiger partial charge is 0.506 e. The first kappa shape index (κ1) is 20.4. The van der Waals surface area contributed by atoms with Crippen molar-refractivity contribution in [2.24, 2.45) is 0 Å². The van der Waals surface area contributed by atoms with Gasteiger partial charge in [0, 0.05) is 18.6 Å². The van der Waals surface area contributed by atoms with E-state index in [0.29, 0.717) is 41.0 Å². The average Bonchev–Trinajstić information content (AvgIpc) is 3.06. The van der Waals surface area contributed by atoms with Crippen molar-refractivity contribution in [1.29, 1.82) is 0 Å². The number of methoxy groups -OCH3 is 1. The van der Waals surface area contributed by atoms with Gasteiger partial charge in [-0.05, 0) is 31.2 Å². The van der Waals surface area contributed by atoms with Crippen molar-refractivity contribution in [2.45, 2.75) is 13.5 Å². The van der Waals surface area contributed by atoms with Gasteiger partial charge in [0.25, 0.3) is 0 Å². The van der Waals surface area contributed by atoms with Crippen LogP contribution in [-0.4, -0.2) is 45.9 Å². The fourth-order valence-electron chi connectivity index (χ4n) is 3.21. The molecule has 0 bridgehead atoms. The molecule has 160 valence electrons. The van der Waals surface area contributed by atoms with E-state index in [9.17, 15) is 14.7 Å². The standard InChI is InChI=1S/C21H20N4O6/c1-3-30-20(27)12-4-5-17(26)15(8-12)24-19-13-9-16-18(10-14(13)22-11-23-19)31-21(28)25(16)6-7-29-2/h4-5,8-11,26H,3,6-7H2,1-2H3,(H,22,23,24). The number of esters is 1. The Morgan fingerprint density at radius 3 is 2.87 bits per heavy atom. The zero-order chi connectivity index (χ0) is 22.0. The van der Waals surface area contributed by atoms with Gasteiger partial charge in [0.1, 0.15) is 17.9 Å². The monoisotopic (exact) mass is 424 g/mol. The van der Waals surface area contributed by atoms with Crippen molar-refractivity contribution in [3.8, 4) is 5.75 Å². The molecule has 0 fully saturated rings. The summed E-state index contributed by atoms with van der Waals surface area (Å²) >= 11 is 0. The summed E-state index contributed by atoms with van der Waals surface area (Å²) in [5.41, 5.74) is 2.06. The summed E-state index contributed by atoms with van der Waals surface area (Å²) in [5.74, 6) is -0.679. The van der Waals surface area contributed by atoms with Crippen molar-refractivity contribution >= 4 is 39.5 Å². The van der Waals surface area contributed by atoms with Gasteiger partial charge in [-0.1, -0.05) is 0 Å². The van der Waals surface area contributed by atoms with Crippen LogP contribution in [0.5, 0.6) is 5.75 Å². The van der Waals surface area contributed by atoms with Gasteiger partial charge >= 0.3 is 11.7 Å². The number of aromatic hydroxyl groups is 1.